The van der Waals surface area contributed by atoms with Crippen LogP contribution in [0.4, 0.5) is 0 Å². The van der Waals surface area contributed by atoms with Crippen LogP contribution in [0.1, 0.15) is 43.5 Å². The van der Waals surface area contributed by atoms with Crippen molar-refractivity contribution in [2.45, 2.75) is 45.2 Å². The van der Waals surface area contributed by atoms with E-state index in [9.17, 15) is 9.59 Å². The third-order valence-corrected chi connectivity index (χ3v) is 3.95. The number of carboxylic acid groups (broad SMARTS) is 1. The number of amides is 1. The summed E-state index contributed by atoms with van der Waals surface area (Å²) in [7, 11) is 0. The summed E-state index contributed by atoms with van der Waals surface area (Å²) in [5.41, 5.74) is 0.201. The predicted molar refractivity (Wildman–Crippen MR) is 78.5 cm³/mol. The first-order valence-corrected chi connectivity index (χ1v) is 7.26. The van der Waals surface area contributed by atoms with E-state index < -0.39 is 5.97 Å². The van der Waals surface area contributed by atoms with Crippen LogP contribution in [0.2, 0.25) is 0 Å². The van der Waals surface area contributed by atoms with Crippen LogP contribution in [0, 0.1) is 0 Å². The predicted octanol–water partition coefficient (Wildman–Crippen LogP) is 2.55. The Labute approximate surface area is 124 Å². The molecule has 1 aromatic carbocycles. The number of benzene rings is 1. The number of ether oxygens (including phenoxy) is 1. The van der Waals surface area contributed by atoms with E-state index in [4.69, 9.17) is 9.84 Å². The second kappa shape index (κ2) is 6.61. The van der Waals surface area contributed by atoms with Crippen molar-refractivity contribution in [3.8, 4) is 5.75 Å². The summed E-state index contributed by atoms with van der Waals surface area (Å²) in [4.78, 5) is 24.9. The highest BCUT2D eigenvalue weighted by molar-refractivity contribution is 5.87. The molecule has 2 atom stereocenters. The van der Waals surface area contributed by atoms with E-state index in [1.807, 2.05) is 4.90 Å². The largest absolute Gasteiger partial charge is 0.484 e. The molecule has 0 spiro atoms. The van der Waals surface area contributed by atoms with Crippen LogP contribution in [0.3, 0.4) is 0 Å². The third-order valence-electron chi connectivity index (χ3n) is 3.95. The van der Waals surface area contributed by atoms with Gasteiger partial charge in [-0.2, -0.15) is 0 Å². The molecule has 5 heteroatoms. The van der Waals surface area contributed by atoms with Gasteiger partial charge in [-0.25, -0.2) is 4.79 Å². The van der Waals surface area contributed by atoms with E-state index in [0.29, 0.717) is 5.75 Å². The first kappa shape index (κ1) is 15.4. The van der Waals surface area contributed by atoms with Gasteiger partial charge in [0.1, 0.15) is 5.75 Å². The Morgan fingerprint density at radius 1 is 1.19 bits per heavy atom. The van der Waals surface area contributed by atoms with Gasteiger partial charge in [0.15, 0.2) is 6.61 Å². The number of carbonyl (C=O) groups is 2. The Hall–Kier alpha value is -2.04. The highest BCUT2D eigenvalue weighted by Gasteiger charge is 2.28. The normalized spacial score (nSPS) is 21.9. The average molecular weight is 291 g/mol. The van der Waals surface area contributed by atoms with Gasteiger partial charge in [-0.1, -0.05) is 0 Å². The fourth-order valence-electron chi connectivity index (χ4n) is 2.83. The van der Waals surface area contributed by atoms with Crippen molar-refractivity contribution in [3.63, 3.8) is 0 Å². The fourth-order valence-corrected chi connectivity index (χ4v) is 2.83. The summed E-state index contributed by atoms with van der Waals surface area (Å²) in [5, 5.41) is 8.82. The molecule has 1 heterocycles. The van der Waals surface area contributed by atoms with Gasteiger partial charge in [0.05, 0.1) is 5.56 Å². The number of rotatable bonds is 4. The SMILES string of the molecule is CC1CCCC(C)N1C(=O)COc1ccc(C(=O)O)cc1. The number of hydrogen-bond donors (Lipinski definition) is 1. The number of hydrogen-bond acceptors (Lipinski definition) is 3. The number of nitrogens with zero attached hydrogens (tertiary/aromatic N) is 1. The summed E-state index contributed by atoms with van der Waals surface area (Å²) >= 11 is 0. The smallest absolute Gasteiger partial charge is 0.335 e. The topological polar surface area (TPSA) is 66.8 Å². The van der Waals surface area contributed by atoms with Crippen LogP contribution in [-0.2, 0) is 4.79 Å². The molecule has 1 aliphatic heterocycles. The number of carboxylic acids is 1. The molecular formula is C16H21NO4. The minimum atomic E-state index is -0.978. The van der Waals surface area contributed by atoms with E-state index in [0.717, 1.165) is 19.3 Å². The van der Waals surface area contributed by atoms with Crippen LogP contribution in [0.15, 0.2) is 24.3 Å². The van der Waals surface area contributed by atoms with Crippen molar-refractivity contribution in [2.75, 3.05) is 6.61 Å². The lowest BCUT2D eigenvalue weighted by Gasteiger charge is -2.38. The molecule has 1 aromatic rings. The van der Waals surface area contributed by atoms with Gasteiger partial charge in [0, 0.05) is 12.1 Å². The quantitative estimate of drug-likeness (QED) is 0.925. The van der Waals surface area contributed by atoms with Gasteiger partial charge < -0.3 is 14.7 Å². The Balaban J connectivity index is 1.92. The van der Waals surface area contributed by atoms with E-state index in [1.165, 1.54) is 12.1 Å². The molecule has 5 nitrogen and oxygen atoms in total. The molecule has 114 valence electrons. The van der Waals surface area contributed by atoms with Crippen molar-refractivity contribution < 1.29 is 19.4 Å². The van der Waals surface area contributed by atoms with E-state index in [2.05, 4.69) is 13.8 Å². The Morgan fingerprint density at radius 2 is 1.76 bits per heavy atom. The molecule has 0 radical (unpaired) electrons. The molecule has 2 rings (SSSR count). The third kappa shape index (κ3) is 3.74. The zero-order valence-electron chi connectivity index (χ0n) is 12.4. The van der Waals surface area contributed by atoms with Gasteiger partial charge in [-0.05, 0) is 57.4 Å². The molecule has 0 saturated carbocycles. The molecule has 1 saturated heterocycles. The first-order valence-electron chi connectivity index (χ1n) is 7.26. The van der Waals surface area contributed by atoms with Crippen molar-refractivity contribution in [1.82, 2.24) is 4.90 Å². The Morgan fingerprint density at radius 3 is 2.29 bits per heavy atom. The Kier molecular flexibility index (Phi) is 4.83. The maximum atomic E-state index is 12.3. The van der Waals surface area contributed by atoms with E-state index in [-0.39, 0.29) is 30.2 Å². The van der Waals surface area contributed by atoms with Crippen LogP contribution in [0.25, 0.3) is 0 Å². The van der Waals surface area contributed by atoms with Gasteiger partial charge >= 0.3 is 5.97 Å². The summed E-state index contributed by atoms with van der Waals surface area (Å²) in [5.74, 6) is -0.490. The zero-order chi connectivity index (χ0) is 15.4. The monoisotopic (exact) mass is 291 g/mol. The van der Waals surface area contributed by atoms with Crippen molar-refractivity contribution in [1.29, 1.82) is 0 Å². The molecule has 1 amide bonds. The lowest BCUT2D eigenvalue weighted by Crippen LogP contribution is -2.49. The van der Waals surface area contributed by atoms with Gasteiger partial charge in [-0.15, -0.1) is 0 Å². The molecule has 1 fully saturated rings. The molecule has 0 aromatic heterocycles. The van der Waals surface area contributed by atoms with E-state index >= 15 is 0 Å². The second-order valence-corrected chi connectivity index (χ2v) is 5.55. The zero-order valence-corrected chi connectivity index (χ0v) is 12.4. The lowest BCUT2D eigenvalue weighted by atomic mass is 9.97. The summed E-state index contributed by atoms with van der Waals surface area (Å²) < 4.78 is 5.47. The molecule has 1 aliphatic rings. The number of carbonyl (C=O) groups excluding carboxylic acids is 1. The van der Waals surface area contributed by atoms with Crippen LogP contribution in [0.5, 0.6) is 5.75 Å². The van der Waals surface area contributed by atoms with Crippen LogP contribution >= 0.6 is 0 Å². The number of likely N-dealkylation sites (tertiary alicyclic amines) is 1. The Bertz CT molecular complexity index is 502. The first-order chi connectivity index (χ1) is 9.99. The van der Waals surface area contributed by atoms with Crippen LogP contribution in [-0.4, -0.2) is 40.6 Å². The summed E-state index contributed by atoms with van der Waals surface area (Å²) in [6.07, 6.45) is 3.22. The molecule has 2 unspecified atom stereocenters. The molecule has 21 heavy (non-hydrogen) atoms. The second-order valence-electron chi connectivity index (χ2n) is 5.55. The van der Waals surface area contributed by atoms with Crippen molar-refractivity contribution >= 4 is 11.9 Å². The lowest BCUT2D eigenvalue weighted by molar-refractivity contribution is -0.139. The summed E-state index contributed by atoms with van der Waals surface area (Å²) in [6, 6.07) is 6.57. The van der Waals surface area contributed by atoms with Gasteiger partial charge in [0.2, 0.25) is 0 Å². The highest BCUT2D eigenvalue weighted by Crippen LogP contribution is 2.22. The molecule has 1 N–H and O–H groups in total. The van der Waals surface area contributed by atoms with Crippen LogP contribution < -0.4 is 4.74 Å². The highest BCUT2D eigenvalue weighted by atomic mass is 16.5. The standard InChI is InChI=1S/C16H21NO4/c1-11-4-3-5-12(2)17(11)15(18)10-21-14-8-6-13(7-9-14)16(19)20/h6-9,11-12H,3-5,10H2,1-2H3,(H,19,20). The summed E-state index contributed by atoms with van der Waals surface area (Å²) in [6.45, 7) is 4.12. The van der Waals surface area contributed by atoms with E-state index in [1.54, 1.807) is 12.1 Å². The molecule has 0 bridgehead atoms. The minimum Gasteiger partial charge on any atom is -0.484 e. The number of piperidine rings is 1. The minimum absolute atomic E-state index is 0.0128. The van der Waals surface area contributed by atoms with Gasteiger partial charge in [-0.3, -0.25) is 4.79 Å². The molecule has 0 aliphatic carbocycles. The maximum absolute atomic E-state index is 12.3. The maximum Gasteiger partial charge on any atom is 0.335 e. The van der Waals surface area contributed by atoms with Gasteiger partial charge in [0.25, 0.3) is 5.91 Å². The van der Waals surface area contributed by atoms with Crippen molar-refractivity contribution in [3.05, 3.63) is 29.8 Å². The average Bonchev–Trinajstić information content (AvgIpc) is 2.45. The molecular weight excluding hydrogens is 270 g/mol. The number of aromatic carboxylic acids is 1. The fraction of sp³-hybridized carbons (Fsp3) is 0.500. The van der Waals surface area contributed by atoms with Crippen molar-refractivity contribution in [2.24, 2.45) is 0 Å².